The van der Waals surface area contributed by atoms with E-state index in [1.54, 1.807) is 0 Å². The molecule has 0 spiro atoms. The van der Waals surface area contributed by atoms with Crippen LogP contribution >= 0.6 is 11.8 Å². The van der Waals surface area contributed by atoms with Gasteiger partial charge >= 0.3 is 12.1 Å². The maximum Gasteiger partial charge on any atom is 0.422 e. The third kappa shape index (κ3) is 2.11. The highest BCUT2D eigenvalue weighted by Crippen LogP contribution is 2.51. The second-order valence-electron chi connectivity index (χ2n) is 3.48. The summed E-state index contributed by atoms with van der Waals surface area (Å²) < 4.78 is 43.1. The topological polar surface area (TPSA) is 72.5 Å². The van der Waals surface area contributed by atoms with E-state index >= 15 is 0 Å². The number of esters is 1. The number of ether oxygens (including phenoxy) is 1. The van der Waals surface area contributed by atoms with E-state index in [2.05, 4.69) is 4.74 Å². The van der Waals surface area contributed by atoms with Gasteiger partial charge in [0.25, 0.3) is 0 Å². The molecule has 1 heterocycles. The molecule has 0 aliphatic carbocycles. The summed E-state index contributed by atoms with van der Waals surface area (Å²) in [7, 11) is 0. The first-order valence-electron chi connectivity index (χ1n) is 4.79. The smallest absolute Gasteiger partial charge is 0.422 e. The zero-order chi connectivity index (χ0) is 13.4. The van der Waals surface area contributed by atoms with E-state index in [-0.39, 0.29) is 11.6 Å². The minimum atomic E-state index is -4.98. The summed E-state index contributed by atoms with van der Waals surface area (Å²) in [6.07, 6.45) is -4.98. The van der Waals surface area contributed by atoms with Crippen LogP contribution in [0.5, 0.6) is 0 Å². The monoisotopic (exact) mass is 271 g/mol. The predicted octanol–water partition coefficient (Wildman–Crippen LogP) is 1.15. The predicted molar refractivity (Wildman–Crippen MR) is 55.9 cm³/mol. The average molecular weight is 271 g/mol. The molecule has 0 radical (unpaired) electrons. The number of nitrogens with two attached hydrogens (primary N) is 1. The third-order valence-electron chi connectivity index (χ3n) is 2.43. The van der Waals surface area contributed by atoms with Crippen molar-refractivity contribution in [2.75, 3.05) is 6.61 Å². The zero-order valence-electron chi connectivity index (χ0n) is 9.17. The summed E-state index contributed by atoms with van der Waals surface area (Å²) in [5.41, 5.74) is 1.19. The third-order valence-corrected chi connectivity index (χ3v) is 3.58. The number of alkyl halides is 3. The molecule has 8 heteroatoms. The highest BCUT2D eigenvalue weighted by Gasteiger charge is 2.65. The van der Waals surface area contributed by atoms with Crippen molar-refractivity contribution in [2.24, 2.45) is 5.73 Å². The molecule has 0 fully saturated rings. The van der Waals surface area contributed by atoms with Crippen LogP contribution in [-0.4, -0.2) is 34.7 Å². The summed E-state index contributed by atoms with van der Waals surface area (Å²) in [5.74, 6) is -1.23. The van der Waals surface area contributed by atoms with Gasteiger partial charge in [0.15, 0.2) is 0 Å². The number of hydrogen-bond donors (Lipinski definition) is 2. The van der Waals surface area contributed by atoms with Crippen LogP contribution in [0.1, 0.15) is 13.8 Å². The molecule has 1 aliphatic rings. The molecule has 4 nitrogen and oxygen atoms in total. The summed E-state index contributed by atoms with van der Waals surface area (Å²) in [4.78, 5) is 11.4. The Kier molecular flexibility index (Phi) is 3.68. The first-order chi connectivity index (χ1) is 7.66. The van der Waals surface area contributed by atoms with Gasteiger partial charge in [-0.2, -0.15) is 13.2 Å². The van der Waals surface area contributed by atoms with Gasteiger partial charge in [-0.3, -0.25) is 0 Å². The summed E-state index contributed by atoms with van der Waals surface area (Å²) in [5, 5.41) is 8.10. The van der Waals surface area contributed by atoms with E-state index < -0.39 is 28.6 Å². The van der Waals surface area contributed by atoms with Crippen LogP contribution in [0.15, 0.2) is 10.6 Å². The molecular weight excluding hydrogens is 259 g/mol. The van der Waals surface area contributed by atoms with Gasteiger partial charge in [0.1, 0.15) is 5.57 Å². The van der Waals surface area contributed by atoms with Crippen molar-refractivity contribution >= 4 is 17.7 Å². The lowest BCUT2D eigenvalue weighted by atomic mass is 9.90. The van der Waals surface area contributed by atoms with Crippen molar-refractivity contribution in [3.63, 3.8) is 0 Å². The first kappa shape index (κ1) is 14.2. The van der Waals surface area contributed by atoms with E-state index in [4.69, 9.17) is 5.73 Å². The molecule has 0 aromatic heterocycles. The van der Waals surface area contributed by atoms with Crippen LogP contribution in [0, 0.1) is 0 Å². The van der Waals surface area contributed by atoms with Gasteiger partial charge in [0, 0.05) is 0 Å². The van der Waals surface area contributed by atoms with E-state index in [0.29, 0.717) is 11.8 Å². The lowest BCUT2D eigenvalue weighted by Gasteiger charge is -2.31. The minimum Gasteiger partial charge on any atom is -0.462 e. The van der Waals surface area contributed by atoms with Gasteiger partial charge in [-0.05, 0) is 13.8 Å². The molecule has 0 aromatic rings. The standard InChI is InChI=1S/C9H12F3NO3S/c1-3-16-7(14)5-6(13)17-4(2)8(5,15)9(10,11)12/h4,15H,3,13H2,1-2H3. The number of aliphatic hydroxyl groups is 1. The molecule has 0 saturated heterocycles. The Labute approximate surface area is 100.0 Å². The molecular formula is C9H12F3NO3S. The Hall–Kier alpha value is -0.890. The molecule has 3 N–H and O–H groups in total. The van der Waals surface area contributed by atoms with Crippen molar-refractivity contribution in [1.29, 1.82) is 0 Å². The van der Waals surface area contributed by atoms with Crippen LogP contribution in [0.2, 0.25) is 0 Å². The van der Waals surface area contributed by atoms with Gasteiger partial charge < -0.3 is 15.6 Å². The first-order valence-corrected chi connectivity index (χ1v) is 5.67. The van der Waals surface area contributed by atoms with Crippen LogP contribution in [0.4, 0.5) is 13.2 Å². The second-order valence-corrected chi connectivity index (χ2v) is 4.87. The quantitative estimate of drug-likeness (QED) is 0.737. The Morgan fingerprint density at radius 1 is 1.65 bits per heavy atom. The lowest BCUT2D eigenvalue weighted by molar-refractivity contribution is -0.243. The number of carbonyl (C=O) groups excluding carboxylic acids is 1. The molecule has 2 unspecified atom stereocenters. The summed E-state index contributed by atoms with van der Waals surface area (Å²) >= 11 is 0.603. The van der Waals surface area contributed by atoms with E-state index in [9.17, 15) is 23.1 Å². The van der Waals surface area contributed by atoms with Gasteiger partial charge in [0.05, 0.1) is 16.9 Å². The molecule has 1 aliphatic heterocycles. The molecule has 98 valence electrons. The van der Waals surface area contributed by atoms with Crippen molar-refractivity contribution in [2.45, 2.75) is 30.9 Å². The number of hydrogen-bond acceptors (Lipinski definition) is 5. The van der Waals surface area contributed by atoms with Gasteiger partial charge in [-0.25, -0.2) is 4.79 Å². The average Bonchev–Trinajstić information content (AvgIpc) is 2.38. The van der Waals surface area contributed by atoms with Crippen molar-refractivity contribution in [3.8, 4) is 0 Å². The maximum atomic E-state index is 12.9. The van der Waals surface area contributed by atoms with Crippen LogP contribution in [0.25, 0.3) is 0 Å². The Morgan fingerprint density at radius 2 is 2.18 bits per heavy atom. The molecule has 0 amide bonds. The minimum absolute atomic E-state index is 0.0946. The normalized spacial score (nSPS) is 29.6. The molecule has 17 heavy (non-hydrogen) atoms. The van der Waals surface area contributed by atoms with Crippen LogP contribution in [0.3, 0.4) is 0 Å². The van der Waals surface area contributed by atoms with E-state index in [0.717, 1.165) is 6.92 Å². The highest BCUT2D eigenvalue weighted by molar-refractivity contribution is 8.04. The Bertz CT molecular complexity index is 369. The summed E-state index contributed by atoms with van der Waals surface area (Å²) in [6, 6.07) is 0. The largest absolute Gasteiger partial charge is 0.462 e. The number of halogens is 3. The lowest BCUT2D eigenvalue weighted by Crippen LogP contribution is -2.53. The fraction of sp³-hybridized carbons (Fsp3) is 0.667. The SMILES string of the molecule is CCOC(=O)C1=C(N)SC(C)C1(O)C(F)(F)F. The fourth-order valence-corrected chi connectivity index (χ4v) is 2.72. The van der Waals surface area contributed by atoms with Gasteiger partial charge in [0.2, 0.25) is 5.60 Å². The van der Waals surface area contributed by atoms with Gasteiger partial charge in [-0.1, -0.05) is 0 Å². The maximum absolute atomic E-state index is 12.9. The number of thioether (sulfide) groups is 1. The number of rotatable bonds is 2. The van der Waals surface area contributed by atoms with E-state index in [1.165, 1.54) is 6.92 Å². The zero-order valence-corrected chi connectivity index (χ0v) is 9.98. The molecule has 0 aromatic carbocycles. The molecule has 2 atom stereocenters. The van der Waals surface area contributed by atoms with Crippen molar-refractivity contribution in [3.05, 3.63) is 10.6 Å². The Morgan fingerprint density at radius 3 is 2.59 bits per heavy atom. The van der Waals surface area contributed by atoms with E-state index in [1.807, 2.05) is 0 Å². The molecule has 0 bridgehead atoms. The Balaban J connectivity index is 3.24. The fourth-order valence-electron chi connectivity index (χ4n) is 1.56. The second kappa shape index (κ2) is 4.41. The van der Waals surface area contributed by atoms with Crippen LogP contribution in [-0.2, 0) is 9.53 Å². The molecule has 0 saturated carbocycles. The molecule has 1 rings (SSSR count). The summed E-state index contributed by atoms with van der Waals surface area (Å²) in [6.45, 7) is 2.51. The van der Waals surface area contributed by atoms with Crippen LogP contribution < -0.4 is 5.73 Å². The number of carbonyl (C=O) groups is 1. The van der Waals surface area contributed by atoms with Crippen molar-refractivity contribution in [1.82, 2.24) is 0 Å². The highest BCUT2D eigenvalue weighted by atomic mass is 32.2. The van der Waals surface area contributed by atoms with Gasteiger partial charge in [-0.15, -0.1) is 11.8 Å². The van der Waals surface area contributed by atoms with Crippen molar-refractivity contribution < 1.29 is 27.8 Å².